The number of aliphatic imine (C=N–C) groups is 1. The summed E-state index contributed by atoms with van der Waals surface area (Å²) in [5, 5.41) is 5.48. The summed E-state index contributed by atoms with van der Waals surface area (Å²) in [5.74, 6) is -0.312. The number of rotatable bonds is 3. The van der Waals surface area contributed by atoms with E-state index < -0.39 is 12.2 Å². The van der Waals surface area contributed by atoms with E-state index in [0.29, 0.717) is 11.4 Å². The molecule has 1 heterocycles. The first-order valence-electron chi connectivity index (χ1n) is 9.67. The van der Waals surface area contributed by atoms with E-state index in [4.69, 9.17) is 0 Å². The number of carbonyl (C=O) groups excluding carboxylic acids is 2. The summed E-state index contributed by atoms with van der Waals surface area (Å²) in [6.07, 6.45) is -1.05. The monoisotopic (exact) mass is 397 g/mol. The van der Waals surface area contributed by atoms with Crippen molar-refractivity contribution in [3.63, 3.8) is 0 Å². The number of hydrogen-bond donors (Lipinski definition) is 2. The molecule has 1 atom stereocenters. The van der Waals surface area contributed by atoms with Gasteiger partial charge in [-0.1, -0.05) is 60.7 Å². The average Bonchev–Trinajstić information content (AvgIpc) is 2.85. The first kappa shape index (κ1) is 19.4. The minimum Gasteiger partial charge on any atom is -0.311 e. The first-order valence-corrected chi connectivity index (χ1v) is 9.67. The fourth-order valence-corrected chi connectivity index (χ4v) is 3.46. The van der Waals surface area contributed by atoms with Crippen molar-refractivity contribution in [3.8, 4) is 0 Å². The number of likely N-dealkylation sites (N-methyl/N-ethyl adjacent to an activating group) is 1. The lowest BCUT2D eigenvalue weighted by Gasteiger charge is -2.21. The largest absolute Gasteiger partial charge is 0.321 e. The molecule has 0 saturated carbocycles. The van der Waals surface area contributed by atoms with Gasteiger partial charge in [-0.3, -0.25) is 4.79 Å². The van der Waals surface area contributed by atoms with E-state index in [0.717, 1.165) is 22.4 Å². The van der Waals surface area contributed by atoms with E-state index in [1.807, 2.05) is 79.7 Å². The zero-order chi connectivity index (χ0) is 21.1. The van der Waals surface area contributed by atoms with Crippen LogP contribution < -0.4 is 15.5 Å². The number of nitrogens with one attached hydrogen (secondary N) is 2. The van der Waals surface area contributed by atoms with Crippen LogP contribution in [0.15, 0.2) is 83.9 Å². The molecule has 150 valence electrons. The van der Waals surface area contributed by atoms with Gasteiger partial charge in [0.05, 0.1) is 11.4 Å². The zero-order valence-electron chi connectivity index (χ0n) is 16.8. The van der Waals surface area contributed by atoms with Crippen molar-refractivity contribution in [3.05, 3.63) is 95.6 Å². The molecule has 6 heteroatoms. The number of hydrogen-bond acceptors (Lipinski definition) is 3. The van der Waals surface area contributed by atoms with Crippen LogP contribution in [0.25, 0.3) is 0 Å². The number of urea groups is 1. The van der Waals surface area contributed by atoms with Gasteiger partial charge in [0.1, 0.15) is 0 Å². The van der Waals surface area contributed by atoms with Crippen LogP contribution in [0.3, 0.4) is 0 Å². The maximum absolute atomic E-state index is 13.1. The van der Waals surface area contributed by atoms with Crippen LogP contribution >= 0.6 is 0 Å². The Hall–Kier alpha value is -3.93. The van der Waals surface area contributed by atoms with Gasteiger partial charge in [-0.15, -0.1) is 0 Å². The molecule has 0 spiro atoms. The van der Waals surface area contributed by atoms with Crippen LogP contribution in [0.1, 0.15) is 16.7 Å². The maximum atomic E-state index is 13.1. The molecule has 2 N–H and O–H groups in total. The predicted molar refractivity (Wildman–Crippen MR) is 119 cm³/mol. The lowest BCUT2D eigenvalue weighted by atomic mass is 10.00. The topological polar surface area (TPSA) is 73.8 Å². The van der Waals surface area contributed by atoms with E-state index >= 15 is 0 Å². The Labute approximate surface area is 175 Å². The van der Waals surface area contributed by atoms with Crippen LogP contribution in [0.2, 0.25) is 0 Å². The number of para-hydroxylation sites is 1. The van der Waals surface area contributed by atoms with E-state index in [-0.39, 0.29) is 5.91 Å². The molecule has 3 aromatic rings. The fraction of sp³-hybridized carbons (Fsp3) is 0.125. The number of anilines is 2. The second-order valence-electron chi connectivity index (χ2n) is 7.13. The molecule has 0 saturated heterocycles. The summed E-state index contributed by atoms with van der Waals surface area (Å²) in [5.41, 5.74) is 4.79. The normalized spacial score (nSPS) is 15.7. The maximum Gasteiger partial charge on any atom is 0.321 e. The number of benzene rings is 3. The lowest BCUT2D eigenvalue weighted by Crippen LogP contribution is -2.47. The summed E-state index contributed by atoms with van der Waals surface area (Å²) >= 11 is 0. The third-order valence-corrected chi connectivity index (χ3v) is 4.93. The molecule has 1 aliphatic rings. The summed E-state index contributed by atoms with van der Waals surface area (Å²) < 4.78 is 0. The summed E-state index contributed by atoms with van der Waals surface area (Å²) in [4.78, 5) is 31.9. The molecule has 0 bridgehead atoms. The second kappa shape index (κ2) is 8.21. The van der Waals surface area contributed by atoms with Gasteiger partial charge in [0.2, 0.25) is 6.17 Å². The van der Waals surface area contributed by atoms with Gasteiger partial charge in [0.25, 0.3) is 5.91 Å². The standard InChI is InChI=1S/C24H22N4O2/c1-16-9-8-12-18(15-16)25-24(30)27-22-23(29)28(2)20-14-7-6-13-19(20)21(26-22)17-10-4-3-5-11-17/h3-15,22H,1-2H3,(H2,25,27,30)/t22-/m1/s1/i2-1. The Morgan fingerprint density at radius 2 is 1.70 bits per heavy atom. The van der Waals surface area contributed by atoms with Crippen LogP contribution in [0.4, 0.5) is 16.2 Å². The second-order valence-corrected chi connectivity index (χ2v) is 7.13. The highest BCUT2D eigenvalue weighted by atomic mass is 16.2. The van der Waals surface area contributed by atoms with Crippen molar-refractivity contribution in [2.24, 2.45) is 4.99 Å². The van der Waals surface area contributed by atoms with Crippen molar-refractivity contribution in [1.82, 2.24) is 5.32 Å². The van der Waals surface area contributed by atoms with E-state index in [1.54, 1.807) is 13.1 Å². The Balaban J connectivity index is 1.69. The lowest BCUT2D eigenvalue weighted by molar-refractivity contribution is -0.119. The van der Waals surface area contributed by atoms with Gasteiger partial charge < -0.3 is 15.5 Å². The number of nitrogens with zero attached hydrogens (tertiary/aromatic N) is 2. The molecular weight excluding hydrogens is 375 g/mol. The molecule has 4 rings (SSSR count). The van der Waals surface area contributed by atoms with Crippen molar-refractivity contribution in [1.29, 1.82) is 0 Å². The molecule has 6 nitrogen and oxygen atoms in total. The van der Waals surface area contributed by atoms with Gasteiger partial charge >= 0.3 is 6.03 Å². The molecule has 1 aliphatic heterocycles. The van der Waals surface area contributed by atoms with Gasteiger partial charge in [-0.2, -0.15) is 0 Å². The molecule has 0 aromatic heterocycles. The summed E-state index contributed by atoms with van der Waals surface area (Å²) in [6.45, 7) is 1.94. The van der Waals surface area contributed by atoms with Crippen molar-refractivity contribution >= 4 is 29.0 Å². The highest BCUT2D eigenvalue weighted by molar-refractivity contribution is 6.20. The van der Waals surface area contributed by atoms with Crippen LogP contribution in [0, 0.1) is 6.92 Å². The molecule has 3 amide bonds. The Bertz CT molecular complexity index is 1120. The number of fused-ring (bicyclic) bond motifs is 1. The van der Waals surface area contributed by atoms with Gasteiger partial charge in [-0.05, 0) is 30.7 Å². The Morgan fingerprint density at radius 1 is 0.967 bits per heavy atom. The van der Waals surface area contributed by atoms with Crippen molar-refractivity contribution in [2.75, 3.05) is 17.3 Å². The van der Waals surface area contributed by atoms with Gasteiger partial charge in [-0.25, -0.2) is 9.79 Å². The van der Waals surface area contributed by atoms with E-state index in [9.17, 15) is 9.59 Å². The fourth-order valence-electron chi connectivity index (χ4n) is 3.46. The van der Waals surface area contributed by atoms with Crippen molar-refractivity contribution in [2.45, 2.75) is 13.1 Å². The van der Waals surface area contributed by atoms with E-state index in [2.05, 4.69) is 15.6 Å². The quantitative estimate of drug-likeness (QED) is 0.702. The number of aryl methyl sites for hydroxylation is 1. The Kier molecular flexibility index (Phi) is 5.30. The minimum atomic E-state index is -1.05. The molecule has 0 unspecified atom stereocenters. The van der Waals surface area contributed by atoms with Crippen molar-refractivity contribution < 1.29 is 9.59 Å². The highest BCUT2D eigenvalue weighted by Crippen LogP contribution is 2.27. The number of carbonyl (C=O) groups is 2. The molecule has 0 aliphatic carbocycles. The summed E-state index contributed by atoms with van der Waals surface area (Å²) in [7, 11) is 1.69. The Morgan fingerprint density at radius 3 is 2.47 bits per heavy atom. The highest BCUT2D eigenvalue weighted by Gasteiger charge is 2.30. The molecule has 0 radical (unpaired) electrons. The number of benzodiazepines with no additional fused rings is 1. The predicted octanol–water partition coefficient (Wildman–Crippen LogP) is 3.96. The van der Waals surface area contributed by atoms with E-state index in [1.165, 1.54) is 4.90 Å². The minimum absolute atomic E-state index is 0.312. The molecule has 0 fully saturated rings. The molecule has 30 heavy (non-hydrogen) atoms. The zero-order valence-corrected chi connectivity index (χ0v) is 16.8. The number of amides is 3. The molecular formula is C24H22N4O2. The van der Waals surface area contributed by atoms with Crippen LogP contribution in [-0.2, 0) is 4.79 Å². The smallest absolute Gasteiger partial charge is 0.311 e. The van der Waals surface area contributed by atoms with Gasteiger partial charge in [0, 0.05) is 23.9 Å². The third kappa shape index (κ3) is 3.93. The average molecular weight is 397 g/mol. The molecule has 3 aromatic carbocycles. The van der Waals surface area contributed by atoms with Crippen LogP contribution in [0.5, 0.6) is 0 Å². The first-order chi connectivity index (χ1) is 14.5. The third-order valence-electron chi connectivity index (χ3n) is 4.93. The summed E-state index contributed by atoms with van der Waals surface area (Å²) in [6, 6.07) is 24.2. The SMILES string of the molecule is Cc1cccc(NC(=O)N[C@H]2N=C(c3ccccc3)c3ccccc3N([11CH3])C2=O)c1. The van der Waals surface area contributed by atoms with Gasteiger partial charge in [0.15, 0.2) is 0 Å². The van der Waals surface area contributed by atoms with Crippen LogP contribution in [-0.4, -0.2) is 30.9 Å².